The minimum Gasteiger partial charge on any atom is -0.376 e. The maximum Gasteiger partial charge on any atom is 0.353 e. The lowest BCUT2D eigenvalue weighted by Crippen LogP contribution is -2.20. The first kappa shape index (κ1) is 17.1. The molecular formula is C18H18N6O3. The zero-order valence-corrected chi connectivity index (χ0v) is 14.5. The SMILES string of the molecule is O=[N+]([O-])c1c(NCC2CCCO2)ncnc1Nc1cccc2ncccc12. The van der Waals surface area contributed by atoms with Crippen LogP contribution < -0.4 is 10.6 Å². The van der Waals surface area contributed by atoms with Crippen molar-refractivity contribution < 1.29 is 9.66 Å². The Bertz CT molecular complexity index is 969. The molecule has 0 amide bonds. The Morgan fingerprint density at radius 1 is 1.19 bits per heavy atom. The number of hydrogen-bond acceptors (Lipinski definition) is 8. The fraction of sp³-hybridized carbons (Fsp3) is 0.278. The van der Waals surface area contributed by atoms with E-state index in [1.54, 1.807) is 6.20 Å². The summed E-state index contributed by atoms with van der Waals surface area (Å²) in [5, 5.41) is 18.6. The maximum absolute atomic E-state index is 11.7. The predicted molar refractivity (Wildman–Crippen MR) is 101 cm³/mol. The van der Waals surface area contributed by atoms with E-state index >= 15 is 0 Å². The molecule has 0 aliphatic carbocycles. The molecule has 138 valence electrons. The van der Waals surface area contributed by atoms with Gasteiger partial charge in [-0.1, -0.05) is 6.07 Å². The number of rotatable bonds is 6. The number of nitro groups is 1. The highest BCUT2D eigenvalue weighted by Crippen LogP contribution is 2.33. The zero-order valence-electron chi connectivity index (χ0n) is 14.5. The molecule has 1 unspecified atom stereocenters. The number of benzene rings is 1. The van der Waals surface area contributed by atoms with Crippen LogP contribution in [0.15, 0.2) is 42.9 Å². The Kier molecular flexibility index (Phi) is 4.75. The van der Waals surface area contributed by atoms with Gasteiger partial charge in [0.15, 0.2) is 0 Å². The van der Waals surface area contributed by atoms with Gasteiger partial charge in [-0.05, 0) is 37.1 Å². The summed E-state index contributed by atoms with van der Waals surface area (Å²) in [6.45, 7) is 1.19. The van der Waals surface area contributed by atoms with Gasteiger partial charge in [-0.3, -0.25) is 15.1 Å². The molecule has 2 aromatic heterocycles. The number of ether oxygens (including phenoxy) is 1. The molecule has 9 heteroatoms. The molecule has 3 heterocycles. The lowest BCUT2D eigenvalue weighted by atomic mass is 10.2. The fourth-order valence-corrected chi connectivity index (χ4v) is 3.13. The zero-order chi connectivity index (χ0) is 18.6. The molecular weight excluding hydrogens is 348 g/mol. The van der Waals surface area contributed by atoms with Crippen molar-refractivity contribution in [3.63, 3.8) is 0 Å². The summed E-state index contributed by atoms with van der Waals surface area (Å²) in [5.74, 6) is 0.299. The second-order valence-corrected chi connectivity index (χ2v) is 6.19. The van der Waals surface area contributed by atoms with Crippen LogP contribution in [-0.2, 0) is 4.74 Å². The van der Waals surface area contributed by atoms with Crippen molar-refractivity contribution in [1.29, 1.82) is 0 Å². The van der Waals surface area contributed by atoms with Crippen LogP contribution in [0.4, 0.5) is 23.0 Å². The van der Waals surface area contributed by atoms with Crippen molar-refractivity contribution in [2.24, 2.45) is 0 Å². The van der Waals surface area contributed by atoms with E-state index in [2.05, 4.69) is 25.6 Å². The van der Waals surface area contributed by atoms with Crippen molar-refractivity contribution in [2.75, 3.05) is 23.8 Å². The van der Waals surface area contributed by atoms with Gasteiger partial charge in [0.1, 0.15) is 6.33 Å². The van der Waals surface area contributed by atoms with Gasteiger partial charge < -0.3 is 15.4 Å². The van der Waals surface area contributed by atoms with Crippen molar-refractivity contribution in [2.45, 2.75) is 18.9 Å². The largest absolute Gasteiger partial charge is 0.376 e. The van der Waals surface area contributed by atoms with E-state index in [1.165, 1.54) is 6.33 Å². The maximum atomic E-state index is 11.7. The lowest BCUT2D eigenvalue weighted by molar-refractivity contribution is -0.383. The predicted octanol–water partition coefficient (Wildman–Crippen LogP) is 3.27. The van der Waals surface area contributed by atoms with E-state index in [0.29, 0.717) is 12.2 Å². The third-order valence-electron chi connectivity index (χ3n) is 4.42. The molecule has 27 heavy (non-hydrogen) atoms. The van der Waals surface area contributed by atoms with E-state index in [0.717, 1.165) is 30.4 Å². The van der Waals surface area contributed by atoms with Crippen LogP contribution in [0.3, 0.4) is 0 Å². The Morgan fingerprint density at radius 2 is 2.07 bits per heavy atom. The average molecular weight is 366 g/mol. The molecule has 1 aliphatic heterocycles. The van der Waals surface area contributed by atoms with E-state index < -0.39 is 4.92 Å². The van der Waals surface area contributed by atoms with Crippen LogP contribution in [0.25, 0.3) is 10.9 Å². The molecule has 3 aromatic rings. The summed E-state index contributed by atoms with van der Waals surface area (Å²) in [4.78, 5) is 23.7. The first-order chi connectivity index (χ1) is 13.2. The highest BCUT2D eigenvalue weighted by molar-refractivity contribution is 5.93. The van der Waals surface area contributed by atoms with Crippen molar-refractivity contribution in [1.82, 2.24) is 15.0 Å². The first-order valence-electron chi connectivity index (χ1n) is 8.68. The Labute approximate surface area is 155 Å². The van der Waals surface area contributed by atoms with Crippen LogP contribution in [0.5, 0.6) is 0 Å². The van der Waals surface area contributed by atoms with Crippen LogP contribution in [-0.4, -0.2) is 39.1 Å². The van der Waals surface area contributed by atoms with Gasteiger partial charge in [-0.25, -0.2) is 9.97 Å². The van der Waals surface area contributed by atoms with Crippen LogP contribution in [0, 0.1) is 10.1 Å². The van der Waals surface area contributed by atoms with Gasteiger partial charge >= 0.3 is 5.69 Å². The fourth-order valence-electron chi connectivity index (χ4n) is 3.13. The molecule has 0 bridgehead atoms. The van der Waals surface area contributed by atoms with E-state index in [9.17, 15) is 10.1 Å². The van der Waals surface area contributed by atoms with E-state index in [1.807, 2.05) is 30.3 Å². The second-order valence-electron chi connectivity index (χ2n) is 6.19. The minimum absolute atomic E-state index is 0.0418. The van der Waals surface area contributed by atoms with Crippen LogP contribution >= 0.6 is 0 Å². The molecule has 2 N–H and O–H groups in total. The number of nitrogens with one attached hydrogen (secondary N) is 2. The molecule has 0 spiro atoms. The van der Waals surface area contributed by atoms with Gasteiger partial charge in [0.2, 0.25) is 11.6 Å². The summed E-state index contributed by atoms with van der Waals surface area (Å²) >= 11 is 0. The molecule has 1 saturated heterocycles. The minimum atomic E-state index is -0.483. The smallest absolute Gasteiger partial charge is 0.353 e. The molecule has 9 nitrogen and oxygen atoms in total. The molecule has 0 radical (unpaired) electrons. The summed E-state index contributed by atoms with van der Waals surface area (Å²) in [6.07, 6.45) is 4.98. The summed E-state index contributed by atoms with van der Waals surface area (Å²) in [7, 11) is 0. The number of aromatic nitrogens is 3. The van der Waals surface area contributed by atoms with Crippen molar-refractivity contribution >= 4 is 33.9 Å². The third-order valence-corrected chi connectivity index (χ3v) is 4.42. The number of pyridine rings is 1. The molecule has 1 aliphatic rings. The van der Waals surface area contributed by atoms with Gasteiger partial charge in [-0.2, -0.15) is 0 Å². The van der Waals surface area contributed by atoms with Gasteiger partial charge in [0.05, 0.1) is 16.5 Å². The van der Waals surface area contributed by atoms with Crippen molar-refractivity contribution in [3.8, 4) is 0 Å². The topological polar surface area (TPSA) is 115 Å². The normalized spacial score (nSPS) is 16.4. The Morgan fingerprint density at radius 3 is 2.89 bits per heavy atom. The molecule has 1 fully saturated rings. The Hall–Kier alpha value is -3.33. The first-order valence-corrected chi connectivity index (χ1v) is 8.68. The summed E-state index contributed by atoms with van der Waals surface area (Å²) in [6, 6.07) is 9.25. The lowest BCUT2D eigenvalue weighted by Gasteiger charge is -2.13. The molecule has 1 atom stereocenters. The van der Waals surface area contributed by atoms with Crippen LogP contribution in [0.2, 0.25) is 0 Å². The number of hydrogen-bond donors (Lipinski definition) is 2. The van der Waals surface area contributed by atoms with Gasteiger partial charge in [-0.15, -0.1) is 0 Å². The molecule has 4 rings (SSSR count). The summed E-state index contributed by atoms with van der Waals surface area (Å²) in [5.41, 5.74) is 1.28. The quantitative estimate of drug-likeness (QED) is 0.504. The van der Waals surface area contributed by atoms with Gasteiger partial charge in [0, 0.05) is 30.4 Å². The second kappa shape index (κ2) is 7.50. The van der Waals surface area contributed by atoms with E-state index in [-0.39, 0.29) is 23.4 Å². The Balaban J connectivity index is 1.65. The van der Waals surface area contributed by atoms with E-state index in [4.69, 9.17) is 4.74 Å². The standard InChI is InChI=1S/C18H18N6O3/c25-24(26)16-17(20-10-12-4-3-9-27-12)21-11-22-18(16)23-15-7-1-6-14-13(15)5-2-8-19-14/h1-2,5-8,11-12H,3-4,9-10H2,(H2,20,21,22,23). The average Bonchev–Trinajstić information content (AvgIpc) is 3.20. The van der Waals surface area contributed by atoms with Gasteiger partial charge in [0.25, 0.3) is 0 Å². The third kappa shape index (κ3) is 3.63. The molecule has 1 aromatic carbocycles. The number of nitrogens with zero attached hydrogens (tertiary/aromatic N) is 4. The highest BCUT2D eigenvalue weighted by atomic mass is 16.6. The number of fused-ring (bicyclic) bond motifs is 1. The highest BCUT2D eigenvalue weighted by Gasteiger charge is 2.25. The molecule has 0 saturated carbocycles. The van der Waals surface area contributed by atoms with Crippen molar-refractivity contribution in [3.05, 3.63) is 53.0 Å². The monoisotopic (exact) mass is 366 g/mol. The summed E-state index contributed by atoms with van der Waals surface area (Å²) < 4.78 is 5.55. The number of anilines is 3. The van der Waals surface area contributed by atoms with Crippen LogP contribution in [0.1, 0.15) is 12.8 Å².